The molecule has 1 rings (SSSR count). The Hall–Kier alpha value is -1.42. The number of nitrogens with two attached hydrogens (primary N) is 1. The molecule has 0 heterocycles. The number of methoxy groups -OCH3 is 1. The van der Waals surface area contributed by atoms with Gasteiger partial charge in [-0.05, 0) is 17.5 Å². The van der Waals surface area contributed by atoms with Crippen molar-refractivity contribution in [3.05, 3.63) is 29.6 Å². The highest BCUT2D eigenvalue weighted by Crippen LogP contribution is 2.22. The number of halogens is 1. The summed E-state index contributed by atoms with van der Waals surface area (Å²) in [6.45, 7) is 4.18. The fourth-order valence-corrected chi connectivity index (χ4v) is 1.94. The van der Waals surface area contributed by atoms with Crippen molar-refractivity contribution in [2.75, 3.05) is 13.7 Å². The highest BCUT2D eigenvalue weighted by molar-refractivity contribution is 5.83. The third kappa shape index (κ3) is 3.29. The lowest BCUT2D eigenvalue weighted by Crippen LogP contribution is -2.29. The third-order valence-corrected chi connectivity index (χ3v) is 3.10. The molecular formula is C14H20FNO2. The minimum absolute atomic E-state index is 0.0281. The number of hydrogen-bond acceptors (Lipinski definition) is 3. The van der Waals surface area contributed by atoms with Crippen LogP contribution in [0.15, 0.2) is 18.2 Å². The summed E-state index contributed by atoms with van der Waals surface area (Å²) < 4.78 is 18.8. The fourth-order valence-electron chi connectivity index (χ4n) is 1.94. The van der Waals surface area contributed by atoms with E-state index in [9.17, 15) is 9.18 Å². The van der Waals surface area contributed by atoms with E-state index in [0.717, 1.165) is 0 Å². The van der Waals surface area contributed by atoms with Gasteiger partial charge in [0.2, 0.25) is 0 Å². The van der Waals surface area contributed by atoms with Crippen LogP contribution in [-0.2, 0) is 11.2 Å². The van der Waals surface area contributed by atoms with Crippen molar-refractivity contribution in [2.45, 2.75) is 20.3 Å². The molecule has 0 saturated carbocycles. The molecule has 0 bridgehead atoms. The lowest BCUT2D eigenvalue weighted by Gasteiger charge is -2.17. The van der Waals surface area contributed by atoms with Gasteiger partial charge in [-0.3, -0.25) is 4.79 Å². The minimum atomic E-state index is -0.465. The molecule has 0 saturated heterocycles. The molecule has 1 atom stereocenters. The first-order valence-corrected chi connectivity index (χ1v) is 6.05. The second-order valence-corrected chi connectivity index (χ2v) is 4.66. The van der Waals surface area contributed by atoms with Crippen molar-refractivity contribution in [1.82, 2.24) is 0 Å². The van der Waals surface area contributed by atoms with Crippen LogP contribution in [0.4, 0.5) is 4.39 Å². The zero-order chi connectivity index (χ0) is 13.7. The smallest absolute Gasteiger partial charge is 0.168 e. The molecule has 18 heavy (non-hydrogen) atoms. The summed E-state index contributed by atoms with van der Waals surface area (Å²) in [6, 6.07) is 4.81. The molecule has 0 amide bonds. The lowest BCUT2D eigenvalue weighted by atomic mass is 9.88. The average molecular weight is 253 g/mol. The molecule has 1 aromatic rings. The zero-order valence-electron chi connectivity index (χ0n) is 11.1. The molecule has 1 unspecified atom stereocenters. The van der Waals surface area contributed by atoms with Gasteiger partial charge >= 0.3 is 0 Å². The van der Waals surface area contributed by atoms with E-state index in [1.807, 2.05) is 13.8 Å². The fraction of sp³-hybridized carbons (Fsp3) is 0.500. The van der Waals surface area contributed by atoms with Crippen molar-refractivity contribution in [1.29, 1.82) is 0 Å². The van der Waals surface area contributed by atoms with Crippen molar-refractivity contribution in [3.8, 4) is 5.75 Å². The summed E-state index contributed by atoms with van der Waals surface area (Å²) in [5.74, 6) is -0.395. The molecule has 0 aliphatic carbocycles. The molecule has 0 spiro atoms. The van der Waals surface area contributed by atoms with Crippen LogP contribution in [0, 0.1) is 17.7 Å². The number of rotatable bonds is 6. The summed E-state index contributed by atoms with van der Waals surface area (Å²) in [4.78, 5) is 12.0. The predicted molar refractivity (Wildman–Crippen MR) is 69.0 cm³/mol. The zero-order valence-corrected chi connectivity index (χ0v) is 11.1. The normalized spacial score (nSPS) is 12.6. The Morgan fingerprint density at radius 2 is 2.11 bits per heavy atom. The van der Waals surface area contributed by atoms with Crippen LogP contribution in [0.25, 0.3) is 0 Å². The van der Waals surface area contributed by atoms with Gasteiger partial charge in [0.25, 0.3) is 0 Å². The van der Waals surface area contributed by atoms with Gasteiger partial charge in [-0.25, -0.2) is 4.39 Å². The SMILES string of the molecule is COc1cccc(CC(=O)C(CN)C(C)C)c1F. The first-order chi connectivity index (χ1) is 8.51. The quantitative estimate of drug-likeness (QED) is 0.845. The Morgan fingerprint density at radius 3 is 2.61 bits per heavy atom. The van der Waals surface area contributed by atoms with Gasteiger partial charge in [0.05, 0.1) is 7.11 Å². The van der Waals surface area contributed by atoms with E-state index in [1.165, 1.54) is 13.2 Å². The molecule has 3 nitrogen and oxygen atoms in total. The molecule has 0 aliphatic heterocycles. The van der Waals surface area contributed by atoms with E-state index < -0.39 is 5.82 Å². The Bertz CT molecular complexity index is 418. The Morgan fingerprint density at radius 1 is 1.44 bits per heavy atom. The third-order valence-electron chi connectivity index (χ3n) is 3.10. The Kier molecular flexibility index (Phi) is 5.28. The van der Waals surface area contributed by atoms with Crippen LogP contribution < -0.4 is 10.5 Å². The van der Waals surface area contributed by atoms with E-state index in [2.05, 4.69) is 0 Å². The summed E-state index contributed by atoms with van der Waals surface area (Å²) in [7, 11) is 1.40. The van der Waals surface area contributed by atoms with Crippen molar-refractivity contribution in [3.63, 3.8) is 0 Å². The number of hydrogen-bond donors (Lipinski definition) is 1. The second-order valence-electron chi connectivity index (χ2n) is 4.66. The van der Waals surface area contributed by atoms with Gasteiger partial charge in [-0.15, -0.1) is 0 Å². The van der Waals surface area contributed by atoms with Crippen LogP contribution >= 0.6 is 0 Å². The van der Waals surface area contributed by atoms with Gasteiger partial charge in [-0.2, -0.15) is 0 Å². The summed E-state index contributed by atoms with van der Waals surface area (Å²) in [6.07, 6.45) is 0.0586. The molecular weight excluding hydrogens is 233 g/mol. The first kappa shape index (κ1) is 14.6. The average Bonchev–Trinajstić information content (AvgIpc) is 2.32. The van der Waals surface area contributed by atoms with E-state index in [-0.39, 0.29) is 29.8 Å². The minimum Gasteiger partial charge on any atom is -0.494 e. The van der Waals surface area contributed by atoms with Crippen LogP contribution in [0.2, 0.25) is 0 Å². The molecule has 0 aromatic heterocycles. The van der Waals surface area contributed by atoms with Gasteiger partial charge in [0.1, 0.15) is 5.78 Å². The molecule has 4 heteroatoms. The first-order valence-electron chi connectivity index (χ1n) is 6.05. The number of ketones is 1. The maximum Gasteiger partial charge on any atom is 0.168 e. The summed E-state index contributed by atoms with van der Waals surface area (Å²) >= 11 is 0. The maximum absolute atomic E-state index is 13.9. The van der Waals surface area contributed by atoms with Gasteiger partial charge in [-0.1, -0.05) is 26.0 Å². The van der Waals surface area contributed by atoms with E-state index in [4.69, 9.17) is 10.5 Å². The number of carbonyl (C=O) groups is 1. The van der Waals surface area contributed by atoms with Gasteiger partial charge < -0.3 is 10.5 Å². The topological polar surface area (TPSA) is 52.3 Å². The molecule has 100 valence electrons. The van der Waals surface area contributed by atoms with E-state index >= 15 is 0 Å². The predicted octanol–water partition coefficient (Wildman–Crippen LogP) is 2.18. The maximum atomic E-state index is 13.9. The van der Waals surface area contributed by atoms with Gasteiger partial charge in [0.15, 0.2) is 11.6 Å². The van der Waals surface area contributed by atoms with Crippen molar-refractivity contribution in [2.24, 2.45) is 17.6 Å². The number of benzene rings is 1. The largest absolute Gasteiger partial charge is 0.494 e. The van der Waals surface area contributed by atoms with Gasteiger partial charge in [0, 0.05) is 18.9 Å². The van der Waals surface area contributed by atoms with Crippen LogP contribution in [0.3, 0.4) is 0 Å². The molecule has 0 fully saturated rings. The van der Waals surface area contributed by atoms with Crippen molar-refractivity contribution >= 4 is 5.78 Å². The number of ether oxygens (including phenoxy) is 1. The highest BCUT2D eigenvalue weighted by atomic mass is 19.1. The lowest BCUT2D eigenvalue weighted by molar-refractivity contribution is -0.123. The molecule has 1 aromatic carbocycles. The Labute approximate surface area is 107 Å². The van der Waals surface area contributed by atoms with Crippen LogP contribution in [0.5, 0.6) is 5.75 Å². The molecule has 2 N–H and O–H groups in total. The van der Waals surface area contributed by atoms with E-state index in [0.29, 0.717) is 12.1 Å². The number of Topliss-reactive ketones (excluding diaryl/α,β-unsaturated/α-hetero) is 1. The van der Waals surface area contributed by atoms with Crippen LogP contribution in [0.1, 0.15) is 19.4 Å². The standard InChI is InChI=1S/C14H20FNO2/c1-9(2)11(8-16)12(17)7-10-5-4-6-13(18-3)14(10)15/h4-6,9,11H,7-8,16H2,1-3H3. The number of carbonyl (C=O) groups excluding carboxylic acids is 1. The Balaban J connectivity index is 2.88. The second kappa shape index (κ2) is 6.50. The molecule has 0 aliphatic rings. The van der Waals surface area contributed by atoms with Crippen molar-refractivity contribution < 1.29 is 13.9 Å². The summed E-state index contributed by atoms with van der Waals surface area (Å²) in [5, 5.41) is 0. The van der Waals surface area contributed by atoms with E-state index in [1.54, 1.807) is 12.1 Å². The monoisotopic (exact) mass is 253 g/mol. The highest BCUT2D eigenvalue weighted by Gasteiger charge is 2.22. The molecule has 0 radical (unpaired) electrons. The summed E-state index contributed by atoms with van der Waals surface area (Å²) in [5.41, 5.74) is 5.94. The van der Waals surface area contributed by atoms with Crippen LogP contribution in [-0.4, -0.2) is 19.4 Å².